The van der Waals surface area contributed by atoms with Gasteiger partial charge >= 0.3 is 0 Å². The molecule has 0 unspecified atom stereocenters. The third kappa shape index (κ3) is 5.11. The van der Waals surface area contributed by atoms with Crippen LogP contribution in [-0.4, -0.2) is 43.2 Å². The highest BCUT2D eigenvalue weighted by atomic mass is 32.2. The molecule has 0 aliphatic carbocycles. The molecule has 3 heterocycles. The highest BCUT2D eigenvalue weighted by Gasteiger charge is 2.28. The van der Waals surface area contributed by atoms with Gasteiger partial charge in [0.15, 0.2) is 9.84 Å². The zero-order chi connectivity index (χ0) is 26.2. The highest BCUT2D eigenvalue weighted by molar-refractivity contribution is 7.90. The third-order valence-corrected chi connectivity index (χ3v) is 8.98. The minimum atomic E-state index is -3.60. The molecule has 0 radical (unpaired) electrons. The number of nitrogens with one attached hydrogen (secondary N) is 2. The van der Waals surface area contributed by atoms with E-state index in [2.05, 4.69) is 10.3 Å². The van der Waals surface area contributed by atoms with Crippen LogP contribution in [0.5, 0.6) is 0 Å². The average molecular weight is 518 g/mol. The van der Waals surface area contributed by atoms with Crippen molar-refractivity contribution >= 4 is 39.0 Å². The van der Waals surface area contributed by atoms with Crippen molar-refractivity contribution in [3.05, 3.63) is 82.2 Å². The van der Waals surface area contributed by atoms with Crippen molar-refractivity contribution in [2.45, 2.75) is 50.2 Å². The van der Waals surface area contributed by atoms with Gasteiger partial charge in [-0.15, -0.1) is 0 Å². The highest BCUT2D eigenvalue weighted by Crippen LogP contribution is 2.36. The number of carbonyl (C=O) groups excluding carboxylic acids is 2. The number of aromatic nitrogens is 1. The summed E-state index contributed by atoms with van der Waals surface area (Å²) in [5, 5.41) is 2.84. The predicted octanol–water partition coefficient (Wildman–Crippen LogP) is 4.65. The summed E-state index contributed by atoms with van der Waals surface area (Å²) in [6.45, 7) is 5.50. The number of carbonyl (C=O) groups is 2. The van der Waals surface area contributed by atoms with E-state index in [1.807, 2.05) is 36.9 Å². The molecule has 1 fully saturated rings. The summed E-state index contributed by atoms with van der Waals surface area (Å²) in [4.78, 5) is 31.2. The number of likely N-dealkylation sites (tertiary alicyclic amines) is 1. The molecule has 2 N–H and O–H groups in total. The number of aromatic amines is 1. The summed E-state index contributed by atoms with van der Waals surface area (Å²) in [5.41, 5.74) is 5.74. The van der Waals surface area contributed by atoms with Crippen molar-refractivity contribution in [2.24, 2.45) is 0 Å². The fraction of sp³-hybridized carbons (Fsp3) is 0.310. The van der Waals surface area contributed by atoms with Gasteiger partial charge in [0.2, 0.25) is 5.91 Å². The number of H-pyrrole nitrogens is 1. The number of fused-ring (bicyclic) bond motifs is 1. The van der Waals surface area contributed by atoms with Crippen LogP contribution in [0.4, 0.5) is 5.69 Å². The Labute approximate surface area is 217 Å². The minimum absolute atomic E-state index is 0.115. The molecule has 37 heavy (non-hydrogen) atoms. The molecule has 192 valence electrons. The third-order valence-electron chi connectivity index (χ3n) is 7.29. The molecule has 2 aliphatic rings. The monoisotopic (exact) mass is 517 g/mol. The first-order chi connectivity index (χ1) is 17.7. The van der Waals surface area contributed by atoms with E-state index in [0.717, 1.165) is 48.4 Å². The van der Waals surface area contributed by atoms with Crippen LogP contribution in [-0.2, 0) is 31.6 Å². The number of aryl methyl sites for hydroxylation is 1. The van der Waals surface area contributed by atoms with Crippen molar-refractivity contribution in [3.8, 4) is 0 Å². The molecular formula is C29H31N3O4S. The van der Waals surface area contributed by atoms with Crippen LogP contribution in [0.2, 0.25) is 0 Å². The smallest absolute Gasteiger partial charge is 0.256 e. The lowest BCUT2D eigenvalue weighted by atomic mass is 10.0. The van der Waals surface area contributed by atoms with Crippen LogP contribution < -0.4 is 5.32 Å². The van der Waals surface area contributed by atoms with Crippen LogP contribution in [0, 0.1) is 13.8 Å². The minimum Gasteiger partial charge on any atom is -0.359 e. The van der Waals surface area contributed by atoms with Gasteiger partial charge in [-0.1, -0.05) is 30.3 Å². The Hall–Kier alpha value is -3.65. The Kier molecular flexibility index (Phi) is 6.77. The zero-order valence-electron chi connectivity index (χ0n) is 21.1. The fourth-order valence-corrected chi connectivity index (χ4v) is 6.53. The number of amides is 2. The van der Waals surface area contributed by atoms with Gasteiger partial charge < -0.3 is 15.2 Å². The van der Waals surface area contributed by atoms with Gasteiger partial charge in [0.05, 0.1) is 22.6 Å². The maximum absolute atomic E-state index is 13.1. The van der Waals surface area contributed by atoms with Crippen molar-refractivity contribution in [2.75, 3.05) is 18.4 Å². The molecule has 5 rings (SSSR count). The normalized spacial score (nSPS) is 16.6. The number of nitrogens with zero attached hydrogens (tertiary/aromatic N) is 1. The molecule has 0 atom stereocenters. The van der Waals surface area contributed by atoms with E-state index in [1.54, 1.807) is 30.3 Å². The quantitative estimate of drug-likeness (QED) is 0.465. The van der Waals surface area contributed by atoms with E-state index in [4.69, 9.17) is 0 Å². The van der Waals surface area contributed by atoms with Gasteiger partial charge in [0.1, 0.15) is 0 Å². The van der Waals surface area contributed by atoms with E-state index in [0.29, 0.717) is 28.8 Å². The molecular weight excluding hydrogens is 486 g/mol. The molecule has 1 aromatic heterocycles. The first-order valence-corrected chi connectivity index (χ1v) is 14.3. The molecule has 1 saturated heterocycles. The molecule has 7 nitrogen and oxygen atoms in total. The lowest BCUT2D eigenvalue weighted by Crippen LogP contribution is -2.36. The maximum atomic E-state index is 13.1. The molecule has 8 heteroatoms. The van der Waals surface area contributed by atoms with Gasteiger partial charge in [-0.2, -0.15) is 0 Å². The van der Waals surface area contributed by atoms with Crippen LogP contribution >= 0.6 is 0 Å². The number of sulfone groups is 1. The Balaban J connectivity index is 1.44. The predicted molar refractivity (Wildman–Crippen MR) is 145 cm³/mol. The van der Waals surface area contributed by atoms with Gasteiger partial charge in [-0.05, 0) is 74.1 Å². The molecule has 2 aromatic carbocycles. The number of anilines is 1. The van der Waals surface area contributed by atoms with Gasteiger partial charge in [0.25, 0.3) is 5.91 Å². The summed E-state index contributed by atoms with van der Waals surface area (Å²) in [6, 6.07) is 13.8. The molecule has 2 amide bonds. The second-order valence-electron chi connectivity index (χ2n) is 9.85. The van der Waals surface area contributed by atoms with E-state index in [9.17, 15) is 18.0 Å². The SMILES string of the molecule is Cc1[nH]c(C=C2C(=O)Nc3ccc(S(=O)(=O)Cc4ccccc4)cc32)c(C)c1CC(=O)N1CCCCC1. The molecule has 0 spiro atoms. The van der Waals surface area contributed by atoms with Crippen molar-refractivity contribution in [1.82, 2.24) is 9.88 Å². The fourth-order valence-electron chi connectivity index (χ4n) is 5.16. The summed E-state index contributed by atoms with van der Waals surface area (Å²) in [7, 11) is -3.60. The number of benzene rings is 2. The van der Waals surface area contributed by atoms with Crippen molar-refractivity contribution in [1.29, 1.82) is 0 Å². The summed E-state index contributed by atoms with van der Waals surface area (Å²) < 4.78 is 26.2. The summed E-state index contributed by atoms with van der Waals surface area (Å²) in [5.74, 6) is -0.275. The van der Waals surface area contributed by atoms with Crippen LogP contribution in [0.3, 0.4) is 0 Å². The lowest BCUT2D eigenvalue weighted by molar-refractivity contribution is -0.131. The van der Waals surface area contributed by atoms with Crippen LogP contribution in [0.15, 0.2) is 53.4 Å². The van der Waals surface area contributed by atoms with Crippen LogP contribution in [0.1, 0.15) is 52.9 Å². The second-order valence-corrected chi connectivity index (χ2v) is 11.8. The maximum Gasteiger partial charge on any atom is 0.256 e. The van der Waals surface area contributed by atoms with Gasteiger partial charge in [-0.3, -0.25) is 9.59 Å². The van der Waals surface area contributed by atoms with Crippen LogP contribution in [0.25, 0.3) is 11.6 Å². The Morgan fingerprint density at radius 1 is 1.03 bits per heavy atom. The number of piperidine rings is 1. The number of hydrogen-bond acceptors (Lipinski definition) is 4. The van der Waals surface area contributed by atoms with Gasteiger partial charge in [-0.25, -0.2) is 8.42 Å². The molecule has 0 saturated carbocycles. The topological polar surface area (TPSA) is 99.3 Å². The first kappa shape index (κ1) is 25.0. The van der Waals surface area contributed by atoms with E-state index in [-0.39, 0.29) is 22.5 Å². The lowest BCUT2D eigenvalue weighted by Gasteiger charge is -2.26. The van der Waals surface area contributed by atoms with E-state index in [1.165, 1.54) is 12.5 Å². The number of rotatable bonds is 6. The Morgan fingerprint density at radius 2 is 1.76 bits per heavy atom. The number of hydrogen-bond donors (Lipinski definition) is 2. The standard InChI is InChI=1S/C29H31N3O4S/c1-19-23(17-28(33)32-13-7-4-8-14-32)20(2)30-27(19)16-25-24-15-22(11-12-26(24)31-29(25)34)37(35,36)18-21-9-5-3-6-10-21/h3,5-6,9-12,15-16,30H,4,7-8,13-14,17-18H2,1-2H3,(H,31,34). The molecule has 0 bridgehead atoms. The second kappa shape index (κ2) is 10.0. The van der Waals surface area contributed by atoms with Gasteiger partial charge in [0, 0.05) is 35.7 Å². The van der Waals surface area contributed by atoms with Crippen molar-refractivity contribution in [3.63, 3.8) is 0 Å². The first-order valence-electron chi connectivity index (χ1n) is 12.6. The van der Waals surface area contributed by atoms with Crippen molar-refractivity contribution < 1.29 is 18.0 Å². The average Bonchev–Trinajstić information content (AvgIpc) is 3.34. The Bertz CT molecular complexity index is 1500. The van der Waals surface area contributed by atoms with E-state index >= 15 is 0 Å². The molecule has 3 aromatic rings. The summed E-state index contributed by atoms with van der Waals surface area (Å²) in [6.07, 6.45) is 5.34. The zero-order valence-corrected chi connectivity index (χ0v) is 22.0. The Morgan fingerprint density at radius 3 is 2.49 bits per heavy atom. The largest absolute Gasteiger partial charge is 0.359 e. The van der Waals surface area contributed by atoms with E-state index < -0.39 is 9.84 Å². The molecule has 2 aliphatic heterocycles. The summed E-state index contributed by atoms with van der Waals surface area (Å²) >= 11 is 0.